The molecule has 1 aromatic rings. The molecule has 1 atom stereocenters. The molecule has 0 amide bonds. The molecule has 0 heterocycles. The molecule has 7 heteroatoms. The van der Waals surface area contributed by atoms with Gasteiger partial charge in [-0.15, -0.1) is 0 Å². The van der Waals surface area contributed by atoms with E-state index in [1.807, 2.05) is 0 Å². The Bertz CT molecular complexity index is 385. The van der Waals surface area contributed by atoms with Crippen LogP contribution in [0.5, 0.6) is 0 Å². The molecule has 0 saturated carbocycles. The Hall–Kier alpha value is -1.44. The highest BCUT2D eigenvalue weighted by atomic mass is 19.1. The molecule has 0 aliphatic rings. The monoisotopic (exact) mass is 213 g/mol. The van der Waals surface area contributed by atoms with Crippen molar-refractivity contribution < 1.29 is 24.3 Å². The van der Waals surface area contributed by atoms with E-state index in [1.54, 1.807) is 0 Å². The summed E-state index contributed by atoms with van der Waals surface area (Å²) >= 11 is 0. The molecular weight excluding hydrogens is 204 g/mol. The number of hydrogen-bond acceptors (Lipinski definition) is 4. The van der Waals surface area contributed by atoms with Gasteiger partial charge < -0.3 is 20.9 Å². The molecule has 0 fully saturated rings. The first-order valence-electron chi connectivity index (χ1n) is 4.07. The van der Waals surface area contributed by atoms with E-state index in [0.717, 1.165) is 12.1 Å². The molecule has 5 N–H and O–H groups in total. The van der Waals surface area contributed by atoms with Crippen LogP contribution in [0.3, 0.4) is 0 Å². The number of benzene rings is 1. The van der Waals surface area contributed by atoms with E-state index in [1.165, 1.54) is 6.07 Å². The second kappa shape index (κ2) is 4.39. The van der Waals surface area contributed by atoms with Gasteiger partial charge in [-0.3, -0.25) is 4.79 Å². The van der Waals surface area contributed by atoms with Gasteiger partial charge in [-0.2, -0.15) is 0 Å². The van der Waals surface area contributed by atoms with Gasteiger partial charge in [0.1, 0.15) is 11.9 Å². The first kappa shape index (κ1) is 11.6. The van der Waals surface area contributed by atoms with Gasteiger partial charge >= 0.3 is 13.1 Å². The Labute approximate surface area is 85.1 Å². The van der Waals surface area contributed by atoms with E-state index in [-0.39, 0.29) is 11.0 Å². The average Bonchev–Trinajstić information content (AvgIpc) is 2.16. The quantitative estimate of drug-likeness (QED) is 0.462. The van der Waals surface area contributed by atoms with Gasteiger partial charge in [-0.1, -0.05) is 12.1 Å². The lowest BCUT2D eigenvalue weighted by atomic mass is 9.79. The Balaban J connectivity index is 3.08. The Morgan fingerprint density at radius 1 is 1.47 bits per heavy atom. The lowest BCUT2D eigenvalue weighted by Gasteiger charge is -2.09. The molecule has 0 saturated heterocycles. The standard InChI is InChI=1S/C8H9BFNO4/c10-6-3-4(9(14)15)1-2-5(6)7(11)8(12)13/h1-3,7,14-15H,11H2,(H,12,13). The molecule has 80 valence electrons. The Kier molecular flexibility index (Phi) is 3.41. The summed E-state index contributed by atoms with van der Waals surface area (Å²) in [6, 6.07) is 1.69. The van der Waals surface area contributed by atoms with Crippen molar-refractivity contribution in [2.24, 2.45) is 5.73 Å². The fraction of sp³-hybridized carbons (Fsp3) is 0.125. The summed E-state index contributed by atoms with van der Waals surface area (Å²) in [5.41, 5.74) is 4.94. The van der Waals surface area contributed by atoms with Crippen LogP contribution in [0.25, 0.3) is 0 Å². The number of carbonyl (C=O) groups is 1. The SMILES string of the molecule is NC(C(=O)O)c1ccc(B(O)O)cc1F. The fourth-order valence-corrected chi connectivity index (χ4v) is 1.09. The zero-order chi connectivity index (χ0) is 11.6. The average molecular weight is 213 g/mol. The van der Waals surface area contributed by atoms with E-state index in [4.69, 9.17) is 20.9 Å². The molecule has 1 aromatic carbocycles. The van der Waals surface area contributed by atoms with Crippen LogP contribution in [0.2, 0.25) is 0 Å². The molecule has 5 nitrogen and oxygen atoms in total. The maximum atomic E-state index is 13.3. The van der Waals surface area contributed by atoms with Crippen LogP contribution in [0.4, 0.5) is 4.39 Å². The molecule has 0 aliphatic heterocycles. The van der Waals surface area contributed by atoms with E-state index < -0.39 is 24.9 Å². The van der Waals surface area contributed by atoms with Crippen LogP contribution >= 0.6 is 0 Å². The minimum absolute atomic E-state index is 0.0613. The van der Waals surface area contributed by atoms with Gasteiger partial charge in [0.05, 0.1) is 0 Å². The smallest absolute Gasteiger partial charge is 0.480 e. The van der Waals surface area contributed by atoms with E-state index in [2.05, 4.69) is 0 Å². The van der Waals surface area contributed by atoms with Crippen LogP contribution in [0.1, 0.15) is 11.6 Å². The highest BCUT2D eigenvalue weighted by Crippen LogP contribution is 2.13. The van der Waals surface area contributed by atoms with Crippen molar-refractivity contribution in [2.75, 3.05) is 0 Å². The van der Waals surface area contributed by atoms with Crippen molar-refractivity contribution in [2.45, 2.75) is 6.04 Å². The van der Waals surface area contributed by atoms with Crippen LogP contribution in [0.15, 0.2) is 18.2 Å². The minimum atomic E-state index is -1.80. The number of nitrogens with two attached hydrogens (primary N) is 1. The van der Waals surface area contributed by atoms with Gasteiger partial charge in [-0.05, 0) is 11.5 Å². The fourth-order valence-electron chi connectivity index (χ4n) is 1.09. The lowest BCUT2D eigenvalue weighted by Crippen LogP contribution is -2.31. The lowest BCUT2D eigenvalue weighted by molar-refractivity contribution is -0.138. The van der Waals surface area contributed by atoms with Crippen LogP contribution in [-0.2, 0) is 4.79 Å². The molecule has 15 heavy (non-hydrogen) atoms. The van der Waals surface area contributed by atoms with Gasteiger partial charge in [-0.25, -0.2) is 4.39 Å². The van der Waals surface area contributed by atoms with Gasteiger partial charge in [0.15, 0.2) is 0 Å². The highest BCUT2D eigenvalue weighted by Gasteiger charge is 2.20. The summed E-state index contributed by atoms with van der Waals surface area (Å²) in [6.07, 6.45) is 0. The first-order chi connectivity index (χ1) is 6.93. The summed E-state index contributed by atoms with van der Waals surface area (Å²) in [4.78, 5) is 10.5. The minimum Gasteiger partial charge on any atom is -0.480 e. The maximum Gasteiger partial charge on any atom is 0.488 e. The number of aliphatic carboxylic acids is 1. The summed E-state index contributed by atoms with van der Waals surface area (Å²) in [7, 11) is -1.80. The van der Waals surface area contributed by atoms with Gasteiger partial charge in [0.25, 0.3) is 0 Å². The molecule has 0 aliphatic carbocycles. The Morgan fingerprint density at radius 2 is 2.07 bits per heavy atom. The largest absolute Gasteiger partial charge is 0.488 e. The van der Waals surface area contributed by atoms with Crippen LogP contribution < -0.4 is 11.2 Å². The molecule has 1 rings (SSSR count). The number of hydrogen-bond donors (Lipinski definition) is 4. The molecule has 0 aromatic heterocycles. The van der Waals surface area contributed by atoms with Crippen molar-refractivity contribution in [3.8, 4) is 0 Å². The van der Waals surface area contributed by atoms with Crippen molar-refractivity contribution in [3.05, 3.63) is 29.6 Å². The predicted molar refractivity (Wildman–Crippen MR) is 50.8 cm³/mol. The van der Waals surface area contributed by atoms with Crippen molar-refractivity contribution >= 4 is 18.6 Å². The zero-order valence-electron chi connectivity index (χ0n) is 7.59. The second-order valence-electron chi connectivity index (χ2n) is 2.97. The summed E-state index contributed by atoms with van der Waals surface area (Å²) < 4.78 is 13.3. The topological polar surface area (TPSA) is 104 Å². The first-order valence-corrected chi connectivity index (χ1v) is 4.07. The Morgan fingerprint density at radius 3 is 2.47 bits per heavy atom. The molecule has 0 radical (unpaired) electrons. The predicted octanol–water partition coefficient (Wildman–Crippen LogP) is -1.41. The van der Waals surface area contributed by atoms with E-state index in [0.29, 0.717) is 0 Å². The van der Waals surface area contributed by atoms with E-state index >= 15 is 0 Å². The molecule has 0 bridgehead atoms. The summed E-state index contributed by atoms with van der Waals surface area (Å²) in [6.45, 7) is 0. The third-order valence-electron chi connectivity index (χ3n) is 1.92. The summed E-state index contributed by atoms with van der Waals surface area (Å²) in [5.74, 6) is -2.23. The normalized spacial score (nSPS) is 12.3. The summed E-state index contributed by atoms with van der Waals surface area (Å²) in [5, 5.41) is 26.0. The van der Waals surface area contributed by atoms with Gasteiger partial charge in [0.2, 0.25) is 0 Å². The molecular formula is C8H9BFNO4. The van der Waals surface area contributed by atoms with E-state index in [9.17, 15) is 9.18 Å². The highest BCUT2D eigenvalue weighted by molar-refractivity contribution is 6.58. The number of carboxylic acid groups (broad SMARTS) is 1. The number of rotatable bonds is 3. The van der Waals surface area contributed by atoms with Crippen LogP contribution in [-0.4, -0.2) is 28.2 Å². The third kappa shape index (κ3) is 2.53. The second-order valence-corrected chi connectivity index (χ2v) is 2.97. The number of carboxylic acids is 1. The van der Waals surface area contributed by atoms with Crippen molar-refractivity contribution in [3.63, 3.8) is 0 Å². The van der Waals surface area contributed by atoms with Crippen molar-refractivity contribution in [1.29, 1.82) is 0 Å². The maximum absolute atomic E-state index is 13.3. The zero-order valence-corrected chi connectivity index (χ0v) is 7.59. The molecule has 0 spiro atoms. The molecule has 1 unspecified atom stereocenters. The number of halogens is 1. The van der Waals surface area contributed by atoms with Crippen LogP contribution in [0, 0.1) is 5.82 Å². The van der Waals surface area contributed by atoms with Gasteiger partial charge in [0, 0.05) is 5.56 Å². The van der Waals surface area contributed by atoms with Crippen molar-refractivity contribution in [1.82, 2.24) is 0 Å². The third-order valence-corrected chi connectivity index (χ3v) is 1.92.